The molecule has 2 aromatic heterocycles. The van der Waals surface area contributed by atoms with E-state index in [0.29, 0.717) is 17.6 Å². The molecule has 0 unspecified atom stereocenters. The maximum Gasteiger partial charge on any atom is 0.238 e. The van der Waals surface area contributed by atoms with Gasteiger partial charge in [0.2, 0.25) is 5.95 Å². The van der Waals surface area contributed by atoms with Crippen molar-refractivity contribution in [1.82, 2.24) is 19.5 Å². The van der Waals surface area contributed by atoms with E-state index in [1.165, 1.54) is 44.2 Å². The van der Waals surface area contributed by atoms with Gasteiger partial charge in [0.15, 0.2) is 11.6 Å². The number of hydrogen-bond donors (Lipinski definition) is 0. The number of nitrogens with zero attached hydrogens (tertiary/aromatic N) is 4. The molecule has 0 amide bonds. The van der Waals surface area contributed by atoms with E-state index in [1.54, 1.807) is 0 Å². The van der Waals surface area contributed by atoms with Gasteiger partial charge in [-0.3, -0.25) is 4.57 Å². The fourth-order valence-electron chi connectivity index (χ4n) is 6.68. The Morgan fingerprint density at radius 3 is 1.82 bits per heavy atom. The molecule has 0 bridgehead atoms. The van der Waals surface area contributed by atoms with E-state index >= 15 is 0 Å². The van der Waals surface area contributed by atoms with Gasteiger partial charge in [-0.05, 0) is 58.0 Å². The van der Waals surface area contributed by atoms with Crippen LogP contribution in [0.3, 0.4) is 0 Å². The SMILES string of the molecule is c1ccc(-c2nc(-c3ccccc3)nc(-n3c4ccccc4c4cc(-c5cccc6c5Cc5ccccc5-6)ccc43)n2)cc1. The van der Waals surface area contributed by atoms with Crippen LogP contribution in [-0.2, 0) is 6.42 Å². The molecule has 4 heteroatoms. The molecule has 206 valence electrons. The molecule has 9 rings (SSSR count). The van der Waals surface area contributed by atoms with Gasteiger partial charge in [-0.15, -0.1) is 0 Å². The average molecular weight is 563 g/mol. The summed E-state index contributed by atoms with van der Waals surface area (Å²) < 4.78 is 2.18. The third-order valence-electron chi connectivity index (χ3n) is 8.72. The van der Waals surface area contributed by atoms with Crippen molar-refractivity contribution >= 4 is 21.8 Å². The molecule has 2 heterocycles. The highest BCUT2D eigenvalue weighted by Crippen LogP contribution is 2.43. The molecule has 1 aliphatic rings. The van der Waals surface area contributed by atoms with Gasteiger partial charge < -0.3 is 0 Å². The van der Waals surface area contributed by atoms with Crippen LogP contribution in [0, 0.1) is 0 Å². The molecule has 44 heavy (non-hydrogen) atoms. The maximum absolute atomic E-state index is 5.06. The minimum Gasteiger partial charge on any atom is -0.278 e. The minimum absolute atomic E-state index is 0.604. The summed E-state index contributed by atoms with van der Waals surface area (Å²) in [5, 5.41) is 2.34. The van der Waals surface area contributed by atoms with Crippen LogP contribution < -0.4 is 0 Å². The summed E-state index contributed by atoms with van der Waals surface area (Å²) in [5.41, 5.74) is 12.0. The molecule has 1 aliphatic carbocycles. The van der Waals surface area contributed by atoms with E-state index in [-0.39, 0.29) is 0 Å². The molecule has 0 spiro atoms. The van der Waals surface area contributed by atoms with Crippen molar-refractivity contribution in [2.75, 3.05) is 0 Å². The zero-order valence-electron chi connectivity index (χ0n) is 23.9. The number of para-hydroxylation sites is 1. The molecular formula is C40H26N4. The molecular weight excluding hydrogens is 536 g/mol. The first-order valence-electron chi connectivity index (χ1n) is 14.9. The summed E-state index contributed by atoms with van der Waals surface area (Å²) in [6, 6.07) is 51.1. The highest BCUT2D eigenvalue weighted by molar-refractivity contribution is 6.10. The summed E-state index contributed by atoms with van der Waals surface area (Å²) in [5.74, 6) is 1.90. The van der Waals surface area contributed by atoms with Gasteiger partial charge in [0, 0.05) is 21.9 Å². The Morgan fingerprint density at radius 1 is 0.432 bits per heavy atom. The Balaban J connectivity index is 1.27. The van der Waals surface area contributed by atoms with Crippen LogP contribution in [0.5, 0.6) is 0 Å². The number of hydrogen-bond acceptors (Lipinski definition) is 3. The number of fused-ring (bicyclic) bond motifs is 6. The summed E-state index contributed by atoms with van der Waals surface area (Å²) in [7, 11) is 0. The monoisotopic (exact) mass is 562 g/mol. The molecule has 0 N–H and O–H groups in total. The Morgan fingerprint density at radius 2 is 1.05 bits per heavy atom. The van der Waals surface area contributed by atoms with Crippen molar-refractivity contribution in [2.24, 2.45) is 0 Å². The van der Waals surface area contributed by atoms with Crippen molar-refractivity contribution in [3.05, 3.63) is 157 Å². The van der Waals surface area contributed by atoms with E-state index in [1.807, 2.05) is 60.7 Å². The molecule has 8 aromatic rings. The van der Waals surface area contributed by atoms with Gasteiger partial charge in [-0.25, -0.2) is 4.98 Å². The van der Waals surface area contributed by atoms with Crippen LogP contribution in [-0.4, -0.2) is 19.5 Å². The smallest absolute Gasteiger partial charge is 0.238 e. The number of rotatable bonds is 4. The van der Waals surface area contributed by atoms with Gasteiger partial charge in [0.05, 0.1) is 11.0 Å². The van der Waals surface area contributed by atoms with E-state index in [9.17, 15) is 0 Å². The molecule has 0 fully saturated rings. The average Bonchev–Trinajstić information content (AvgIpc) is 3.64. The third kappa shape index (κ3) is 3.89. The van der Waals surface area contributed by atoms with Crippen molar-refractivity contribution in [3.63, 3.8) is 0 Å². The van der Waals surface area contributed by atoms with E-state index in [4.69, 9.17) is 15.0 Å². The normalized spacial score (nSPS) is 12.0. The van der Waals surface area contributed by atoms with Gasteiger partial charge in [0.1, 0.15) is 0 Å². The van der Waals surface area contributed by atoms with Crippen LogP contribution in [0.1, 0.15) is 11.1 Å². The Labute approximate surface area is 255 Å². The zero-order chi connectivity index (χ0) is 29.0. The number of benzene rings is 6. The van der Waals surface area contributed by atoms with E-state index in [0.717, 1.165) is 28.6 Å². The fourth-order valence-corrected chi connectivity index (χ4v) is 6.68. The second-order valence-electron chi connectivity index (χ2n) is 11.3. The largest absolute Gasteiger partial charge is 0.278 e. The predicted octanol–water partition coefficient (Wildman–Crippen LogP) is 9.54. The summed E-state index contributed by atoms with van der Waals surface area (Å²) in [4.78, 5) is 15.0. The number of aromatic nitrogens is 4. The molecule has 0 atom stereocenters. The van der Waals surface area contributed by atoms with Gasteiger partial charge in [0.25, 0.3) is 0 Å². The summed E-state index contributed by atoms with van der Waals surface area (Å²) in [6.45, 7) is 0. The quantitative estimate of drug-likeness (QED) is 0.215. The molecule has 6 aromatic carbocycles. The van der Waals surface area contributed by atoms with Crippen LogP contribution in [0.2, 0.25) is 0 Å². The standard InChI is InChI=1S/C40H26N4/c1-3-12-26(13-4-1)38-41-39(27-14-5-2-6-15-27)43-40(42-38)44-36-21-10-9-18-33(36)35-25-29(22-23-37(35)44)31-19-11-20-32-30-17-8-7-16-28(30)24-34(31)32/h1-23,25H,24H2. The lowest BCUT2D eigenvalue weighted by molar-refractivity contribution is 0.953. The van der Waals surface area contributed by atoms with Crippen LogP contribution >= 0.6 is 0 Å². The Kier molecular flexibility index (Phi) is 5.53. The van der Waals surface area contributed by atoms with Crippen molar-refractivity contribution in [1.29, 1.82) is 0 Å². The highest BCUT2D eigenvalue weighted by Gasteiger charge is 2.22. The molecule has 0 saturated heterocycles. The molecule has 0 aliphatic heterocycles. The third-order valence-corrected chi connectivity index (χ3v) is 8.72. The van der Waals surface area contributed by atoms with Gasteiger partial charge >= 0.3 is 0 Å². The molecule has 0 saturated carbocycles. The second kappa shape index (κ2) is 9.85. The van der Waals surface area contributed by atoms with Crippen LogP contribution in [0.4, 0.5) is 0 Å². The Hall–Kier alpha value is -5.87. The Bertz CT molecular complexity index is 2300. The zero-order valence-corrected chi connectivity index (χ0v) is 23.9. The van der Waals surface area contributed by atoms with Crippen LogP contribution in [0.15, 0.2) is 146 Å². The highest BCUT2D eigenvalue weighted by atomic mass is 15.2. The van der Waals surface area contributed by atoms with E-state index < -0.39 is 0 Å². The first-order valence-corrected chi connectivity index (χ1v) is 14.9. The summed E-state index contributed by atoms with van der Waals surface area (Å²) >= 11 is 0. The van der Waals surface area contributed by atoms with Crippen molar-refractivity contribution in [2.45, 2.75) is 6.42 Å². The first-order chi connectivity index (χ1) is 21.8. The lowest BCUT2D eigenvalue weighted by Crippen LogP contribution is -2.06. The van der Waals surface area contributed by atoms with Gasteiger partial charge in [-0.2, -0.15) is 9.97 Å². The maximum atomic E-state index is 5.06. The predicted molar refractivity (Wildman–Crippen MR) is 179 cm³/mol. The van der Waals surface area contributed by atoms with Gasteiger partial charge in [-0.1, -0.05) is 127 Å². The van der Waals surface area contributed by atoms with Crippen molar-refractivity contribution in [3.8, 4) is 51.0 Å². The lowest BCUT2D eigenvalue weighted by Gasteiger charge is -2.12. The van der Waals surface area contributed by atoms with E-state index in [2.05, 4.69) is 89.5 Å². The second-order valence-corrected chi connectivity index (χ2v) is 11.3. The lowest BCUT2D eigenvalue weighted by atomic mass is 9.95. The fraction of sp³-hybridized carbons (Fsp3) is 0.0250. The van der Waals surface area contributed by atoms with Crippen molar-refractivity contribution < 1.29 is 0 Å². The first kappa shape index (κ1) is 24.7. The summed E-state index contributed by atoms with van der Waals surface area (Å²) in [6.07, 6.45) is 0.955. The topological polar surface area (TPSA) is 43.6 Å². The molecule has 0 radical (unpaired) electrons. The minimum atomic E-state index is 0.604. The van der Waals surface area contributed by atoms with Crippen LogP contribution in [0.25, 0.3) is 72.8 Å². The molecule has 4 nitrogen and oxygen atoms in total.